The van der Waals surface area contributed by atoms with Crippen molar-refractivity contribution < 1.29 is 8.42 Å². The summed E-state index contributed by atoms with van der Waals surface area (Å²) in [4.78, 5) is 4.39. The van der Waals surface area contributed by atoms with E-state index >= 15 is 0 Å². The van der Waals surface area contributed by atoms with Crippen LogP contribution in [-0.2, 0) is 10.0 Å². The van der Waals surface area contributed by atoms with Gasteiger partial charge in [0.2, 0.25) is 10.0 Å². The predicted octanol–water partition coefficient (Wildman–Crippen LogP) is 2.54. The maximum Gasteiger partial charge on any atom is 0.244 e. The van der Waals surface area contributed by atoms with Gasteiger partial charge in [-0.25, -0.2) is 17.7 Å². The topological polar surface area (TPSA) is 62.3 Å². The van der Waals surface area contributed by atoms with E-state index in [2.05, 4.69) is 10.3 Å². The number of hydrogen-bond acceptors (Lipinski definition) is 4. The number of nitrogens with zero attached hydrogens (tertiary/aromatic N) is 2. The zero-order valence-corrected chi connectivity index (χ0v) is 14.0. The summed E-state index contributed by atoms with van der Waals surface area (Å²) >= 11 is 6.11. The normalized spacial score (nSPS) is 18.1. The standard InChI is InChI=1S/C14H22ClN3O2S/c1-18(2)21(19,20)12-5-6-13(16-9-12)17-11-14(10-15)7-3-4-8-14/h5-6,9H,3-4,7-8,10-11H2,1-2H3,(H,16,17). The number of anilines is 1. The van der Waals surface area contributed by atoms with E-state index in [9.17, 15) is 8.42 Å². The van der Waals surface area contributed by atoms with E-state index < -0.39 is 10.0 Å². The molecule has 0 amide bonds. The molecular formula is C14H22ClN3O2S. The van der Waals surface area contributed by atoms with Crippen LogP contribution in [0.2, 0.25) is 0 Å². The van der Waals surface area contributed by atoms with E-state index in [0.717, 1.165) is 19.4 Å². The van der Waals surface area contributed by atoms with Crippen LogP contribution in [0.1, 0.15) is 25.7 Å². The number of sulfonamides is 1. The zero-order valence-electron chi connectivity index (χ0n) is 12.5. The third kappa shape index (κ3) is 3.67. The third-order valence-corrected chi connectivity index (χ3v) is 6.47. The van der Waals surface area contributed by atoms with Gasteiger partial charge in [-0.3, -0.25) is 0 Å². The second kappa shape index (κ2) is 6.50. The molecule has 0 unspecified atom stereocenters. The molecule has 1 heterocycles. The van der Waals surface area contributed by atoms with Gasteiger partial charge in [0.25, 0.3) is 0 Å². The average Bonchev–Trinajstić information content (AvgIpc) is 2.95. The van der Waals surface area contributed by atoms with Crippen LogP contribution < -0.4 is 5.32 Å². The lowest BCUT2D eigenvalue weighted by Gasteiger charge is -2.26. The van der Waals surface area contributed by atoms with E-state index in [1.54, 1.807) is 12.1 Å². The summed E-state index contributed by atoms with van der Waals surface area (Å²) in [7, 11) is -0.408. The van der Waals surface area contributed by atoms with E-state index in [-0.39, 0.29) is 10.3 Å². The lowest BCUT2D eigenvalue weighted by Crippen LogP contribution is -2.28. The van der Waals surface area contributed by atoms with Gasteiger partial charge in [0, 0.05) is 38.1 Å². The van der Waals surface area contributed by atoms with Gasteiger partial charge in [-0.1, -0.05) is 12.8 Å². The molecule has 0 radical (unpaired) electrons. The van der Waals surface area contributed by atoms with Gasteiger partial charge in [-0.2, -0.15) is 0 Å². The third-order valence-electron chi connectivity index (χ3n) is 4.11. The Morgan fingerprint density at radius 3 is 2.48 bits per heavy atom. The van der Waals surface area contributed by atoms with E-state index in [0.29, 0.717) is 11.7 Å². The molecule has 1 aromatic rings. The van der Waals surface area contributed by atoms with Crippen LogP contribution in [0.15, 0.2) is 23.2 Å². The molecule has 21 heavy (non-hydrogen) atoms. The summed E-state index contributed by atoms with van der Waals surface area (Å²) < 4.78 is 25.1. The van der Waals surface area contributed by atoms with Crippen LogP contribution in [0.25, 0.3) is 0 Å². The van der Waals surface area contributed by atoms with Crippen molar-refractivity contribution in [1.29, 1.82) is 0 Å². The van der Waals surface area contributed by atoms with Crippen LogP contribution in [0.5, 0.6) is 0 Å². The fourth-order valence-corrected chi connectivity index (χ4v) is 3.82. The van der Waals surface area contributed by atoms with Crippen molar-refractivity contribution in [3.8, 4) is 0 Å². The number of hydrogen-bond donors (Lipinski definition) is 1. The molecule has 1 N–H and O–H groups in total. The summed E-state index contributed by atoms with van der Waals surface area (Å²) in [6.45, 7) is 0.781. The van der Waals surface area contributed by atoms with Gasteiger partial charge >= 0.3 is 0 Å². The number of rotatable bonds is 6. The summed E-state index contributed by atoms with van der Waals surface area (Å²) in [6.07, 6.45) is 6.11. The van der Waals surface area contributed by atoms with Gasteiger partial charge in [-0.15, -0.1) is 11.6 Å². The summed E-state index contributed by atoms with van der Waals surface area (Å²) in [5.74, 6) is 1.33. The Balaban J connectivity index is 2.03. The monoisotopic (exact) mass is 331 g/mol. The molecule has 0 aromatic carbocycles. The SMILES string of the molecule is CN(C)S(=O)(=O)c1ccc(NCC2(CCl)CCCC2)nc1. The van der Waals surface area contributed by atoms with Gasteiger partial charge < -0.3 is 5.32 Å². The van der Waals surface area contributed by atoms with Crippen molar-refractivity contribution in [3.05, 3.63) is 18.3 Å². The molecule has 1 aliphatic carbocycles. The number of nitrogens with one attached hydrogen (secondary N) is 1. The number of alkyl halides is 1. The molecule has 0 spiro atoms. The van der Waals surface area contributed by atoms with Crippen LogP contribution in [0.4, 0.5) is 5.82 Å². The van der Waals surface area contributed by atoms with Crippen molar-refractivity contribution in [1.82, 2.24) is 9.29 Å². The van der Waals surface area contributed by atoms with Gasteiger partial charge in [0.15, 0.2) is 0 Å². The van der Waals surface area contributed by atoms with Crippen LogP contribution >= 0.6 is 11.6 Å². The quantitative estimate of drug-likeness (QED) is 0.814. The minimum absolute atomic E-state index is 0.150. The minimum Gasteiger partial charge on any atom is -0.369 e. The van der Waals surface area contributed by atoms with Crippen molar-refractivity contribution in [2.24, 2.45) is 5.41 Å². The lowest BCUT2D eigenvalue weighted by molar-refractivity contribution is 0.368. The maximum atomic E-state index is 12.0. The molecule has 1 fully saturated rings. The molecular weight excluding hydrogens is 310 g/mol. The first-order valence-electron chi connectivity index (χ1n) is 7.08. The fourth-order valence-electron chi connectivity index (χ4n) is 2.61. The Labute approximate surface area is 131 Å². The molecule has 0 atom stereocenters. The van der Waals surface area contributed by atoms with Crippen molar-refractivity contribution in [3.63, 3.8) is 0 Å². The highest BCUT2D eigenvalue weighted by molar-refractivity contribution is 7.89. The lowest BCUT2D eigenvalue weighted by atomic mass is 9.88. The highest BCUT2D eigenvalue weighted by Gasteiger charge is 2.32. The number of aromatic nitrogens is 1. The van der Waals surface area contributed by atoms with E-state index in [4.69, 9.17) is 11.6 Å². The number of halogens is 1. The molecule has 0 bridgehead atoms. The first-order chi connectivity index (χ1) is 9.89. The second-order valence-electron chi connectivity index (χ2n) is 5.86. The largest absolute Gasteiger partial charge is 0.369 e. The first-order valence-corrected chi connectivity index (χ1v) is 9.06. The Morgan fingerprint density at radius 1 is 1.33 bits per heavy atom. The second-order valence-corrected chi connectivity index (χ2v) is 8.28. The van der Waals surface area contributed by atoms with E-state index in [1.165, 1.54) is 37.4 Å². The van der Waals surface area contributed by atoms with Crippen LogP contribution in [0, 0.1) is 5.41 Å². The first kappa shape index (κ1) is 16.5. The molecule has 7 heteroatoms. The fraction of sp³-hybridized carbons (Fsp3) is 0.643. The van der Waals surface area contributed by atoms with Crippen LogP contribution in [-0.4, -0.2) is 44.2 Å². The molecule has 5 nitrogen and oxygen atoms in total. The van der Waals surface area contributed by atoms with Gasteiger partial charge in [0.05, 0.1) is 0 Å². The van der Waals surface area contributed by atoms with E-state index in [1.807, 2.05) is 0 Å². The summed E-state index contributed by atoms with van der Waals surface area (Å²) in [5.41, 5.74) is 0.150. The van der Waals surface area contributed by atoms with Gasteiger partial charge in [0.1, 0.15) is 10.7 Å². The highest BCUT2D eigenvalue weighted by atomic mass is 35.5. The molecule has 0 aliphatic heterocycles. The zero-order chi connectivity index (χ0) is 15.5. The molecule has 1 aliphatic rings. The minimum atomic E-state index is -3.42. The highest BCUT2D eigenvalue weighted by Crippen LogP contribution is 2.39. The Morgan fingerprint density at radius 2 is 2.00 bits per heavy atom. The Kier molecular flexibility index (Phi) is 5.11. The predicted molar refractivity (Wildman–Crippen MR) is 85.2 cm³/mol. The van der Waals surface area contributed by atoms with Crippen LogP contribution in [0.3, 0.4) is 0 Å². The molecule has 1 saturated carbocycles. The summed E-state index contributed by atoms with van der Waals surface area (Å²) in [5, 5.41) is 3.28. The smallest absolute Gasteiger partial charge is 0.244 e. The van der Waals surface area contributed by atoms with Crippen molar-refractivity contribution >= 4 is 27.4 Å². The molecule has 2 rings (SSSR count). The summed E-state index contributed by atoms with van der Waals surface area (Å²) in [6, 6.07) is 3.28. The van der Waals surface area contributed by atoms with Crippen molar-refractivity contribution in [2.45, 2.75) is 30.6 Å². The maximum absolute atomic E-state index is 12.0. The Bertz CT molecular complexity index is 566. The van der Waals surface area contributed by atoms with Crippen molar-refractivity contribution in [2.75, 3.05) is 31.8 Å². The van der Waals surface area contributed by atoms with Gasteiger partial charge in [-0.05, 0) is 25.0 Å². The molecule has 1 aromatic heterocycles. The molecule has 118 valence electrons. The number of pyridine rings is 1. The average molecular weight is 332 g/mol. The Hall–Kier alpha value is -0.850. The molecule has 0 saturated heterocycles.